The van der Waals surface area contributed by atoms with Gasteiger partial charge < -0.3 is 10.4 Å². The molecule has 0 unspecified atom stereocenters. The highest BCUT2D eigenvalue weighted by Crippen LogP contribution is 2.28. The minimum Gasteiger partial charge on any atom is -0.388 e. The van der Waals surface area contributed by atoms with E-state index in [0.717, 1.165) is 46.9 Å². The Kier molecular flexibility index (Phi) is 4.40. The lowest BCUT2D eigenvalue weighted by atomic mass is 9.94. The van der Waals surface area contributed by atoms with Gasteiger partial charge in [0.25, 0.3) is 0 Å². The number of hydrogen-bond donors (Lipinski definition) is 2. The second-order valence-electron chi connectivity index (χ2n) is 5.87. The molecule has 2 aromatic heterocycles. The van der Waals surface area contributed by atoms with Crippen LogP contribution in [0, 0.1) is 0 Å². The van der Waals surface area contributed by atoms with E-state index in [0.29, 0.717) is 6.54 Å². The second-order valence-corrected chi connectivity index (χ2v) is 6.79. The van der Waals surface area contributed by atoms with Crippen LogP contribution in [0.5, 0.6) is 0 Å². The molecule has 0 bridgehead atoms. The van der Waals surface area contributed by atoms with Gasteiger partial charge >= 0.3 is 0 Å². The first-order valence-corrected chi connectivity index (χ1v) is 8.32. The van der Waals surface area contributed by atoms with Crippen LogP contribution in [0.3, 0.4) is 0 Å². The molecule has 0 aliphatic heterocycles. The molecule has 4 nitrogen and oxygen atoms in total. The van der Waals surface area contributed by atoms with Gasteiger partial charge in [0.05, 0.1) is 16.8 Å². The Morgan fingerprint density at radius 2 is 1.95 bits per heavy atom. The fourth-order valence-electron chi connectivity index (χ4n) is 2.97. The molecule has 0 atom stereocenters. The van der Waals surface area contributed by atoms with Gasteiger partial charge in [0.2, 0.25) is 0 Å². The molecule has 2 N–H and O–H groups in total. The predicted molar refractivity (Wildman–Crippen MR) is 88.4 cm³/mol. The number of rotatable bonds is 3. The van der Waals surface area contributed by atoms with Gasteiger partial charge in [-0.1, -0.05) is 25.7 Å². The fourth-order valence-corrected chi connectivity index (χ4v) is 3.29. The molecule has 0 spiro atoms. The molecule has 0 amide bonds. The van der Waals surface area contributed by atoms with Crippen molar-refractivity contribution in [3.8, 4) is 0 Å². The number of hydrogen-bond acceptors (Lipinski definition) is 4. The predicted octanol–water partition coefficient (Wildman–Crippen LogP) is 3.89. The molecule has 1 aliphatic rings. The summed E-state index contributed by atoms with van der Waals surface area (Å²) in [6.45, 7) is 0.573. The Labute approximate surface area is 133 Å². The van der Waals surface area contributed by atoms with E-state index >= 15 is 0 Å². The van der Waals surface area contributed by atoms with E-state index in [4.69, 9.17) is 0 Å². The van der Waals surface area contributed by atoms with E-state index in [1.807, 2.05) is 12.1 Å². The van der Waals surface area contributed by atoms with Crippen LogP contribution < -0.4 is 5.32 Å². The zero-order valence-corrected chi connectivity index (χ0v) is 13.6. The summed E-state index contributed by atoms with van der Waals surface area (Å²) >= 11 is 3.41. The van der Waals surface area contributed by atoms with Gasteiger partial charge in [-0.25, -0.2) is 0 Å². The van der Waals surface area contributed by atoms with Gasteiger partial charge in [-0.3, -0.25) is 9.97 Å². The van der Waals surface area contributed by atoms with E-state index in [-0.39, 0.29) is 0 Å². The van der Waals surface area contributed by atoms with Crippen LogP contribution >= 0.6 is 15.9 Å². The van der Waals surface area contributed by atoms with Crippen molar-refractivity contribution in [3.63, 3.8) is 0 Å². The molecule has 1 saturated carbocycles. The van der Waals surface area contributed by atoms with Crippen LogP contribution in [0.15, 0.2) is 29.0 Å². The molecule has 2 aromatic rings. The van der Waals surface area contributed by atoms with Gasteiger partial charge in [0.15, 0.2) is 0 Å². The molecule has 21 heavy (non-hydrogen) atoms. The summed E-state index contributed by atoms with van der Waals surface area (Å²) < 4.78 is 0.919. The second kappa shape index (κ2) is 6.28. The number of anilines is 1. The number of fused-ring (bicyclic) bond motifs is 1. The Hall–Kier alpha value is -1.20. The van der Waals surface area contributed by atoms with E-state index in [9.17, 15) is 5.11 Å². The van der Waals surface area contributed by atoms with Gasteiger partial charge in [-0.15, -0.1) is 0 Å². The molecule has 2 heterocycles. The average molecular weight is 350 g/mol. The summed E-state index contributed by atoms with van der Waals surface area (Å²) in [5.74, 6) is 0. The summed E-state index contributed by atoms with van der Waals surface area (Å²) in [6.07, 6.45) is 9.99. The number of aromatic nitrogens is 2. The van der Waals surface area contributed by atoms with Crippen LogP contribution in [0.4, 0.5) is 5.69 Å². The highest BCUT2D eigenvalue weighted by atomic mass is 79.9. The Balaban J connectivity index is 1.78. The van der Waals surface area contributed by atoms with Crippen molar-refractivity contribution in [2.45, 2.75) is 44.1 Å². The van der Waals surface area contributed by atoms with Crippen molar-refractivity contribution >= 4 is 32.7 Å². The highest BCUT2D eigenvalue weighted by molar-refractivity contribution is 9.10. The van der Waals surface area contributed by atoms with Crippen molar-refractivity contribution in [1.82, 2.24) is 9.97 Å². The number of nitrogens with one attached hydrogen (secondary N) is 1. The number of halogens is 1. The van der Waals surface area contributed by atoms with Crippen LogP contribution in [-0.4, -0.2) is 27.2 Å². The zero-order chi connectivity index (χ0) is 14.7. The quantitative estimate of drug-likeness (QED) is 0.825. The topological polar surface area (TPSA) is 58.0 Å². The Morgan fingerprint density at radius 3 is 2.71 bits per heavy atom. The average Bonchev–Trinajstić information content (AvgIpc) is 2.70. The maximum absolute atomic E-state index is 10.7. The normalized spacial score (nSPS) is 18.4. The van der Waals surface area contributed by atoms with Crippen molar-refractivity contribution in [1.29, 1.82) is 0 Å². The van der Waals surface area contributed by atoms with Gasteiger partial charge in [-0.2, -0.15) is 0 Å². The molecule has 1 aliphatic carbocycles. The van der Waals surface area contributed by atoms with Crippen LogP contribution in [0.1, 0.15) is 38.5 Å². The lowest BCUT2D eigenvalue weighted by molar-refractivity contribution is 0.0381. The van der Waals surface area contributed by atoms with Crippen molar-refractivity contribution in [3.05, 3.63) is 29.0 Å². The Morgan fingerprint density at radius 1 is 1.19 bits per heavy atom. The SMILES string of the molecule is OC1(CNc2ccnc3cc(Br)cnc23)CCCCCC1. The molecular formula is C16H20BrN3O. The molecule has 1 fully saturated rings. The lowest BCUT2D eigenvalue weighted by Gasteiger charge is -2.27. The van der Waals surface area contributed by atoms with Crippen molar-refractivity contribution in [2.24, 2.45) is 0 Å². The molecule has 0 saturated heterocycles. The number of nitrogens with zero attached hydrogens (tertiary/aromatic N) is 2. The van der Waals surface area contributed by atoms with Gasteiger partial charge in [0, 0.05) is 23.4 Å². The smallest absolute Gasteiger partial charge is 0.112 e. The van der Waals surface area contributed by atoms with E-state index in [2.05, 4.69) is 31.2 Å². The molecule has 3 rings (SSSR count). The summed E-state index contributed by atoms with van der Waals surface area (Å²) in [7, 11) is 0. The van der Waals surface area contributed by atoms with E-state index < -0.39 is 5.60 Å². The van der Waals surface area contributed by atoms with E-state index in [1.54, 1.807) is 12.4 Å². The highest BCUT2D eigenvalue weighted by Gasteiger charge is 2.27. The minimum absolute atomic E-state index is 0.573. The largest absolute Gasteiger partial charge is 0.388 e. The lowest BCUT2D eigenvalue weighted by Crippen LogP contribution is -2.36. The van der Waals surface area contributed by atoms with Gasteiger partial charge in [-0.05, 0) is 40.9 Å². The molecular weight excluding hydrogens is 330 g/mol. The summed E-state index contributed by atoms with van der Waals surface area (Å²) in [6, 6.07) is 3.87. The minimum atomic E-state index is -0.596. The van der Waals surface area contributed by atoms with Crippen LogP contribution in [-0.2, 0) is 0 Å². The molecule has 0 radical (unpaired) electrons. The molecule has 0 aromatic carbocycles. The molecule has 5 heteroatoms. The fraction of sp³-hybridized carbons (Fsp3) is 0.500. The van der Waals surface area contributed by atoms with E-state index in [1.165, 1.54) is 12.8 Å². The standard InChI is InChI=1S/C16H20BrN3O/c17-12-9-14-15(19-10-12)13(5-8-18-14)20-11-16(21)6-3-1-2-4-7-16/h5,8-10,21H,1-4,6-7,11H2,(H,18,20). The molecule has 112 valence electrons. The summed E-state index contributed by atoms with van der Waals surface area (Å²) in [4.78, 5) is 8.77. The Bertz CT molecular complexity index is 624. The third kappa shape index (κ3) is 3.52. The van der Waals surface area contributed by atoms with Crippen LogP contribution in [0.2, 0.25) is 0 Å². The van der Waals surface area contributed by atoms with Crippen LogP contribution in [0.25, 0.3) is 11.0 Å². The summed E-state index contributed by atoms with van der Waals surface area (Å²) in [5.41, 5.74) is 2.03. The third-order valence-corrected chi connectivity index (χ3v) is 4.62. The van der Waals surface area contributed by atoms with Gasteiger partial charge in [0.1, 0.15) is 5.52 Å². The summed E-state index contributed by atoms with van der Waals surface area (Å²) in [5, 5.41) is 14.1. The maximum atomic E-state index is 10.7. The first kappa shape index (κ1) is 14.7. The van der Waals surface area contributed by atoms with Crippen molar-refractivity contribution < 1.29 is 5.11 Å². The maximum Gasteiger partial charge on any atom is 0.112 e. The zero-order valence-electron chi connectivity index (χ0n) is 12.0. The first-order chi connectivity index (χ1) is 10.2. The first-order valence-electron chi connectivity index (χ1n) is 7.53. The van der Waals surface area contributed by atoms with Crippen molar-refractivity contribution in [2.75, 3.05) is 11.9 Å². The number of pyridine rings is 2. The number of aliphatic hydroxyl groups is 1. The third-order valence-electron chi connectivity index (χ3n) is 4.19. The monoisotopic (exact) mass is 349 g/mol.